The monoisotopic (exact) mass is 1260 g/mol. The normalized spacial score (nSPS) is 19.4. The maximum Gasteiger partial charge on any atom is 0.211 e. The van der Waals surface area contributed by atoms with E-state index in [1.807, 2.05) is 83.1 Å². The standard InChI is InChI=1S/C21H26N6.C20H30BrN5OS.C5H4N.3C4H9.H4N4.Sn/c1-15-18(16-5-2-3-10-23-16)19-24-11-14-27(19)20(25-15)26-12-8-21(9-13-26)7-4-6-17(21)22;1-14-16(21)17-22-10-13-26(17)18(23-14)25-11-8-20(9-12-25)7-5-6-15(20)24-28(27)19(2,3)4;1-2-4-6-5-3-1;4*1-3-4-2;/h2-3,5,10-11,14,17H,4,6-9,12-13,22H2,1H3;10,13,15,24H,5-9,11-12H2,1-4H3;1-4H;3*1,3-4H2,2H3;(H2,1,4)(H2,2,3);/t17-;15-,28-;;;;;;/m11....../s1. The summed E-state index contributed by atoms with van der Waals surface area (Å²) in [5, 5.41) is 5.28. The minimum atomic E-state index is -2.21. The van der Waals surface area contributed by atoms with Crippen LogP contribution in [0.15, 0.2) is 88.5 Å². The summed E-state index contributed by atoms with van der Waals surface area (Å²) < 4.78 is 27.2. The molecule has 0 amide bonds. The first-order chi connectivity index (χ1) is 37.6. The summed E-state index contributed by atoms with van der Waals surface area (Å²) in [5.74, 6) is 10.7. The number of unbranched alkanes of at least 4 members (excludes halogenated alkanes) is 3. The van der Waals surface area contributed by atoms with Crippen molar-refractivity contribution in [2.45, 2.75) is 188 Å². The fraction of sp³-hybridized carbons (Fsp3) is 0.621. The first-order valence-corrected chi connectivity index (χ1v) is 38.4. The third-order valence-electron chi connectivity index (χ3n) is 17.3. The molecule has 4 fully saturated rings. The van der Waals surface area contributed by atoms with E-state index in [2.05, 4.69) is 122 Å². The first-order valence-electron chi connectivity index (χ1n) is 29.0. The van der Waals surface area contributed by atoms with Crippen LogP contribution in [0.1, 0.15) is 156 Å². The van der Waals surface area contributed by atoms with Gasteiger partial charge < -0.3 is 27.2 Å². The molecule has 17 nitrogen and oxygen atoms in total. The quantitative estimate of drug-likeness (QED) is 0.0326. The van der Waals surface area contributed by atoms with E-state index < -0.39 is 29.4 Å². The Morgan fingerprint density at radius 2 is 1.21 bits per heavy atom. The maximum absolute atomic E-state index is 12.7. The van der Waals surface area contributed by atoms with Crippen molar-refractivity contribution in [3.63, 3.8) is 0 Å². The van der Waals surface area contributed by atoms with Gasteiger partial charge in [-0.2, -0.15) is 0 Å². The molecule has 0 radical (unpaired) electrons. The molecule has 8 heterocycles. The molecule has 0 aromatic carbocycles. The Balaban J connectivity index is 0.000000167. The minimum Gasteiger partial charge on any atom is -0.342 e. The van der Waals surface area contributed by atoms with Crippen molar-refractivity contribution in [3.05, 3.63) is 89.4 Å². The van der Waals surface area contributed by atoms with Crippen molar-refractivity contribution in [2.24, 2.45) is 38.7 Å². The molecule has 2 saturated carbocycles. The summed E-state index contributed by atoms with van der Waals surface area (Å²) in [4.78, 5) is 33.1. The zero-order valence-corrected chi connectivity index (χ0v) is 53.4. The van der Waals surface area contributed by atoms with Crippen molar-refractivity contribution in [1.29, 1.82) is 0 Å². The number of nitrogens with two attached hydrogens (primary N) is 3. The van der Waals surface area contributed by atoms with E-state index >= 15 is 0 Å². The van der Waals surface area contributed by atoms with E-state index in [1.165, 1.54) is 83.9 Å². The van der Waals surface area contributed by atoms with Crippen LogP contribution in [0.4, 0.5) is 11.9 Å². The molecule has 2 spiro atoms. The van der Waals surface area contributed by atoms with Gasteiger partial charge in [0.05, 0.1) is 42.9 Å². The molecule has 0 bridgehead atoms. The molecule has 2 saturated heterocycles. The number of anilines is 2. The van der Waals surface area contributed by atoms with Crippen LogP contribution in [0.2, 0.25) is 13.3 Å². The van der Waals surface area contributed by atoms with Crippen molar-refractivity contribution < 1.29 is 4.21 Å². The number of hydrogen-bond acceptors (Lipinski definition) is 12. The molecular weight excluding hydrogens is 1170 g/mol. The second-order valence-corrected chi connectivity index (χ2v) is 39.2. The Morgan fingerprint density at radius 3 is 1.71 bits per heavy atom. The van der Waals surface area contributed by atoms with E-state index in [-0.39, 0.29) is 10.2 Å². The minimum absolute atomic E-state index is 0.226. The SMILES string of the molecule is CCC[CH2][Sn]([CH2]CCC)([CH2]CCC)[c]1ccccn1.Cc1nc(N2CCC3(CCC[C@H]3N)CC2)n2ccnc2c1-c1ccccn1.Cc1nc(N2CCC3(CCC[C@H]3N[S@](=O)C(C)(C)C)CC2)n2ccnc2c1Br.N/N=N/N. The average Bonchev–Trinajstić information content (AvgIpc) is 4.35. The van der Waals surface area contributed by atoms with Crippen LogP contribution in [0.25, 0.3) is 22.6 Å². The second kappa shape index (κ2) is 28.4. The van der Waals surface area contributed by atoms with Gasteiger partial charge in [0.1, 0.15) is 0 Å². The molecule has 78 heavy (non-hydrogen) atoms. The zero-order chi connectivity index (χ0) is 55.9. The molecule has 2 aliphatic heterocycles. The summed E-state index contributed by atoms with van der Waals surface area (Å²) in [7, 11) is -1.01. The third-order valence-corrected chi connectivity index (χ3v) is 35.0. The number of nitrogens with one attached hydrogen (secondary N) is 1. The Bertz CT molecular complexity index is 2820. The molecule has 0 unspecified atom stereocenters. The smallest absolute Gasteiger partial charge is 0.211 e. The van der Waals surface area contributed by atoms with Crippen molar-refractivity contribution >= 4 is 72.2 Å². The van der Waals surface area contributed by atoms with E-state index in [9.17, 15) is 4.21 Å². The van der Waals surface area contributed by atoms with Gasteiger partial charge in [0, 0.05) is 69.2 Å². The molecule has 7 N–H and O–H groups in total. The predicted molar refractivity (Wildman–Crippen MR) is 327 cm³/mol. The Hall–Kier alpha value is -4.31. The van der Waals surface area contributed by atoms with Gasteiger partial charge in [-0.3, -0.25) is 13.8 Å². The van der Waals surface area contributed by atoms with Crippen LogP contribution < -0.4 is 35.7 Å². The molecular formula is C58H91BrN16OSSn. The average molecular weight is 1260 g/mol. The molecule has 426 valence electrons. The third kappa shape index (κ3) is 14.4. The molecule has 2 aliphatic carbocycles. The molecule has 10 rings (SSSR count). The Kier molecular flexibility index (Phi) is 22.3. The first kappa shape index (κ1) is 61.3. The summed E-state index contributed by atoms with van der Waals surface area (Å²) in [6.07, 6.45) is 31.6. The van der Waals surface area contributed by atoms with Crippen LogP contribution in [0, 0.1) is 24.7 Å². The van der Waals surface area contributed by atoms with Gasteiger partial charge in [0.2, 0.25) is 11.9 Å². The Morgan fingerprint density at radius 1 is 0.692 bits per heavy atom. The molecule has 3 atom stereocenters. The largest absolute Gasteiger partial charge is 0.342 e. The maximum atomic E-state index is 12.7. The summed E-state index contributed by atoms with van der Waals surface area (Å²) in [6.45, 7) is 21.1. The van der Waals surface area contributed by atoms with Crippen molar-refractivity contribution in [1.82, 2.24) is 43.4 Å². The summed E-state index contributed by atoms with van der Waals surface area (Å²) >= 11 is 1.41. The number of fused-ring (bicyclic) bond motifs is 2. The van der Waals surface area contributed by atoms with Crippen LogP contribution in [0.5, 0.6) is 0 Å². The van der Waals surface area contributed by atoms with E-state index in [0.29, 0.717) is 17.5 Å². The topological polar surface area (TPSA) is 225 Å². The number of aromatic nitrogens is 8. The van der Waals surface area contributed by atoms with Gasteiger partial charge >= 0.3 is 124 Å². The molecule has 6 aromatic rings. The van der Waals surface area contributed by atoms with Crippen molar-refractivity contribution in [2.75, 3.05) is 36.0 Å². The number of hydrogen-bond donors (Lipinski definition) is 4. The molecule has 4 aliphatic rings. The number of piperidine rings is 2. The van der Waals surface area contributed by atoms with Gasteiger partial charge in [-0.25, -0.2) is 28.9 Å². The van der Waals surface area contributed by atoms with Gasteiger partial charge in [0.25, 0.3) is 0 Å². The van der Waals surface area contributed by atoms with Crippen LogP contribution >= 0.6 is 15.9 Å². The number of nitrogens with zero attached hydrogens (tertiary/aromatic N) is 12. The van der Waals surface area contributed by atoms with Gasteiger partial charge in [-0.05, 0) is 125 Å². The summed E-state index contributed by atoms with van der Waals surface area (Å²) in [6, 6.07) is 13.3. The number of aryl methyl sites for hydroxylation is 2. The van der Waals surface area contributed by atoms with Gasteiger partial charge in [-0.15, -0.1) is 0 Å². The van der Waals surface area contributed by atoms with Crippen LogP contribution in [0.3, 0.4) is 0 Å². The number of pyridine rings is 2. The van der Waals surface area contributed by atoms with E-state index in [0.717, 1.165) is 109 Å². The predicted octanol–water partition coefficient (Wildman–Crippen LogP) is 11.5. The van der Waals surface area contributed by atoms with Gasteiger partial charge in [0.15, 0.2) is 11.3 Å². The number of rotatable bonds is 15. The van der Waals surface area contributed by atoms with E-state index in [1.54, 1.807) is 3.71 Å². The van der Waals surface area contributed by atoms with Gasteiger partial charge in [-0.1, -0.05) is 29.4 Å². The second-order valence-electron chi connectivity index (χ2n) is 23.3. The zero-order valence-electron chi connectivity index (χ0n) is 48.1. The number of imidazole rings is 2. The van der Waals surface area contributed by atoms with E-state index in [4.69, 9.17) is 20.7 Å². The fourth-order valence-corrected chi connectivity index (χ4v) is 29.5. The molecule has 20 heteroatoms. The summed E-state index contributed by atoms with van der Waals surface area (Å²) in [5.41, 5.74) is 12.8. The van der Waals surface area contributed by atoms with Crippen LogP contribution in [-0.2, 0) is 11.0 Å². The fourth-order valence-electron chi connectivity index (χ4n) is 12.7. The Labute approximate surface area is 480 Å². The number of halogens is 1. The molecule has 6 aromatic heterocycles. The van der Waals surface area contributed by atoms with Crippen molar-refractivity contribution in [3.8, 4) is 11.3 Å². The van der Waals surface area contributed by atoms with Crippen LogP contribution in [-0.4, -0.2) is 104 Å².